The lowest BCUT2D eigenvalue weighted by molar-refractivity contribution is -0.134. The quantitative estimate of drug-likeness (QED) is 0.0941. The van der Waals surface area contributed by atoms with Gasteiger partial charge in [-0.3, -0.25) is 33.6 Å². The SMILES string of the molecule is CNC(=O)c1c(I)c(C(=O)NCC(=O)Nc2c(I)c(C(=O)NCCO)c(I)c(C(=O)NC(CCCCN)C(=O)N3CCC(C)CC3)c2I)c(I)c(N(C)C(C)=O)c1I. The first-order valence-electron chi connectivity index (χ1n) is 18.0. The van der Waals surface area contributed by atoms with Gasteiger partial charge in [-0.15, -0.1) is 0 Å². The minimum absolute atomic E-state index is 0.0610. The predicted octanol–water partition coefficient (Wildman–Crippen LogP) is 4.23. The smallest absolute Gasteiger partial charge is 0.254 e. The molecule has 1 unspecified atom stereocenters. The van der Waals surface area contributed by atoms with Gasteiger partial charge in [0.2, 0.25) is 17.7 Å². The average Bonchev–Trinajstić information content (AvgIpc) is 3.17. The van der Waals surface area contributed by atoms with Gasteiger partial charge in [0.05, 0.1) is 61.1 Å². The van der Waals surface area contributed by atoms with Gasteiger partial charge in [0.25, 0.3) is 23.6 Å². The van der Waals surface area contributed by atoms with Gasteiger partial charge in [0, 0.05) is 47.8 Å². The van der Waals surface area contributed by atoms with Gasteiger partial charge >= 0.3 is 0 Å². The number of aliphatic hydroxyl groups is 1. The number of carbonyl (C=O) groups is 7. The Hall–Kier alpha value is -0.970. The summed E-state index contributed by atoms with van der Waals surface area (Å²) in [7, 11) is 2.98. The molecule has 0 aliphatic carbocycles. The highest BCUT2D eigenvalue weighted by Crippen LogP contribution is 2.38. The van der Waals surface area contributed by atoms with E-state index in [1.807, 2.05) is 136 Å². The largest absolute Gasteiger partial charge is 0.395 e. The fourth-order valence-electron chi connectivity index (χ4n) is 5.92. The lowest BCUT2D eigenvalue weighted by Gasteiger charge is -2.33. The van der Waals surface area contributed by atoms with Crippen molar-refractivity contribution in [1.29, 1.82) is 0 Å². The zero-order valence-electron chi connectivity index (χ0n) is 32.0. The molecule has 58 heavy (non-hydrogen) atoms. The normalized spacial score (nSPS) is 13.3. The number of nitrogens with zero attached hydrogens (tertiary/aromatic N) is 2. The van der Waals surface area contributed by atoms with E-state index in [1.54, 1.807) is 4.90 Å². The summed E-state index contributed by atoms with van der Waals surface area (Å²) in [6.07, 6.45) is 3.33. The second-order valence-electron chi connectivity index (χ2n) is 13.3. The van der Waals surface area contributed by atoms with Crippen LogP contribution in [0.15, 0.2) is 0 Å². The molecule has 0 saturated carbocycles. The molecule has 0 spiro atoms. The van der Waals surface area contributed by atoms with E-state index < -0.39 is 42.1 Å². The monoisotopic (exact) mass is 1480 g/mol. The van der Waals surface area contributed by atoms with Gasteiger partial charge < -0.3 is 47.2 Å². The van der Waals surface area contributed by atoms with Crippen molar-refractivity contribution in [3.8, 4) is 0 Å². The standard InChI is InChI=1S/C36H44I6N8O8/c1-16-8-12-50(13-9-16)36(58)18(7-5-6-10-43)47-35(57)21-24(37)20(33(55)45-11-14-51)26(39)30(27(21)40)48-19(53)15-46-34(56)23-25(38)22(32(54)44-3)28(41)31(29(23)42)49(4)17(2)52/h16,18,51H,5-15,43H2,1-4H3,(H,44,54)(H,45,55)(H,46,56)(H,47,57)(H,48,53). The van der Waals surface area contributed by atoms with Gasteiger partial charge in [0.15, 0.2) is 0 Å². The molecule has 2 aromatic carbocycles. The molecule has 1 aliphatic heterocycles. The summed E-state index contributed by atoms with van der Waals surface area (Å²) in [5.74, 6) is -3.11. The van der Waals surface area contributed by atoms with E-state index in [4.69, 9.17) is 5.73 Å². The fourth-order valence-corrected chi connectivity index (χ4v) is 15.2. The van der Waals surface area contributed by atoms with Crippen molar-refractivity contribution >= 4 is 188 Å². The van der Waals surface area contributed by atoms with Crippen LogP contribution in [0.25, 0.3) is 0 Å². The van der Waals surface area contributed by atoms with Crippen molar-refractivity contribution < 1.29 is 38.7 Å². The Kier molecular flexibility index (Phi) is 21.3. The van der Waals surface area contributed by atoms with E-state index in [0.29, 0.717) is 64.8 Å². The highest BCUT2D eigenvalue weighted by molar-refractivity contribution is 14.1. The van der Waals surface area contributed by atoms with Crippen LogP contribution in [-0.4, -0.2) is 111 Å². The Morgan fingerprint density at radius 1 is 0.793 bits per heavy atom. The highest BCUT2D eigenvalue weighted by Gasteiger charge is 2.34. The zero-order valence-corrected chi connectivity index (χ0v) is 44.9. The number of halogens is 6. The molecule has 318 valence electrons. The van der Waals surface area contributed by atoms with Crippen LogP contribution in [0.2, 0.25) is 0 Å². The maximum Gasteiger partial charge on any atom is 0.254 e. The third kappa shape index (κ3) is 12.6. The molecule has 22 heteroatoms. The van der Waals surface area contributed by atoms with Gasteiger partial charge in [-0.2, -0.15) is 0 Å². The Balaban J connectivity index is 2.03. The van der Waals surface area contributed by atoms with Crippen LogP contribution in [0.5, 0.6) is 0 Å². The van der Waals surface area contributed by atoms with E-state index in [0.717, 1.165) is 12.8 Å². The maximum atomic E-state index is 14.3. The number of amides is 7. The average molecular weight is 1480 g/mol. The summed E-state index contributed by atoms with van der Waals surface area (Å²) in [4.78, 5) is 97.5. The summed E-state index contributed by atoms with van der Waals surface area (Å²) in [6.45, 7) is 4.13. The third-order valence-electron chi connectivity index (χ3n) is 9.27. The molecular weight excluding hydrogens is 1430 g/mol. The van der Waals surface area contributed by atoms with Crippen LogP contribution in [0, 0.1) is 27.3 Å². The molecule has 1 fully saturated rings. The van der Waals surface area contributed by atoms with Crippen molar-refractivity contribution in [2.75, 3.05) is 63.6 Å². The first-order chi connectivity index (χ1) is 27.3. The Labute approximate surface area is 418 Å². The molecule has 2 aromatic rings. The van der Waals surface area contributed by atoms with Crippen LogP contribution >= 0.6 is 136 Å². The Morgan fingerprint density at radius 2 is 1.31 bits per heavy atom. The number of aliphatic hydroxyl groups excluding tert-OH is 1. The van der Waals surface area contributed by atoms with Crippen molar-refractivity contribution in [3.05, 3.63) is 43.7 Å². The predicted molar refractivity (Wildman–Crippen MR) is 271 cm³/mol. The summed E-state index contributed by atoms with van der Waals surface area (Å²) >= 11 is 11.5. The topological polar surface area (TPSA) is 232 Å². The lowest BCUT2D eigenvalue weighted by Crippen LogP contribution is -2.51. The highest BCUT2D eigenvalue weighted by atomic mass is 127. The van der Waals surface area contributed by atoms with Crippen molar-refractivity contribution in [2.45, 2.75) is 52.0 Å². The molecule has 16 nitrogen and oxygen atoms in total. The van der Waals surface area contributed by atoms with Crippen LogP contribution in [0.1, 0.15) is 87.4 Å². The summed E-state index contributed by atoms with van der Waals surface area (Å²) in [6, 6.07) is -0.857. The zero-order chi connectivity index (χ0) is 43.6. The minimum Gasteiger partial charge on any atom is -0.395 e. The molecule has 8 N–H and O–H groups in total. The summed E-state index contributed by atoms with van der Waals surface area (Å²) < 4.78 is 2.02. The Morgan fingerprint density at radius 3 is 1.83 bits per heavy atom. The number of piperidine rings is 1. The maximum absolute atomic E-state index is 14.3. The molecule has 0 radical (unpaired) electrons. The van der Waals surface area contributed by atoms with Crippen LogP contribution in [-0.2, 0) is 14.4 Å². The number of hydrogen-bond donors (Lipinski definition) is 7. The summed E-state index contributed by atoms with van der Waals surface area (Å²) in [5, 5.41) is 22.9. The van der Waals surface area contributed by atoms with E-state index in [-0.39, 0.29) is 60.0 Å². The summed E-state index contributed by atoms with van der Waals surface area (Å²) in [5.41, 5.74) is 6.64. The van der Waals surface area contributed by atoms with Crippen LogP contribution in [0.3, 0.4) is 0 Å². The minimum atomic E-state index is -0.857. The van der Waals surface area contributed by atoms with Gasteiger partial charge in [-0.1, -0.05) is 6.92 Å². The van der Waals surface area contributed by atoms with Gasteiger partial charge in [0.1, 0.15) is 6.04 Å². The molecule has 3 rings (SSSR count). The van der Waals surface area contributed by atoms with Gasteiger partial charge in [-0.05, 0) is 180 Å². The molecule has 0 aromatic heterocycles. The third-order valence-corrected chi connectivity index (χ3v) is 15.7. The number of likely N-dealkylation sites (tertiary alicyclic amines) is 1. The first kappa shape index (κ1) is 51.4. The fraction of sp³-hybridized carbons (Fsp3) is 0.472. The number of unbranched alkanes of at least 4 members (excludes halogenated alkanes) is 1. The molecule has 1 aliphatic rings. The first-order valence-corrected chi connectivity index (χ1v) is 24.5. The van der Waals surface area contributed by atoms with Crippen LogP contribution in [0.4, 0.5) is 11.4 Å². The molecule has 1 atom stereocenters. The van der Waals surface area contributed by atoms with Crippen molar-refractivity contribution in [2.24, 2.45) is 11.7 Å². The number of rotatable bonds is 16. The molecule has 1 heterocycles. The second-order valence-corrected chi connectivity index (χ2v) is 19.8. The van der Waals surface area contributed by atoms with E-state index in [9.17, 15) is 38.7 Å². The number of nitrogens with one attached hydrogen (secondary N) is 5. The van der Waals surface area contributed by atoms with E-state index >= 15 is 0 Å². The van der Waals surface area contributed by atoms with E-state index in [1.165, 1.54) is 25.9 Å². The van der Waals surface area contributed by atoms with Crippen molar-refractivity contribution in [3.63, 3.8) is 0 Å². The number of carbonyl (C=O) groups excluding carboxylic acids is 7. The lowest BCUT2D eigenvalue weighted by atomic mass is 9.98. The number of nitrogens with two attached hydrogens (primary N) is 1. The number of hydrogen-bond acceptors (Lipinski definition) is 9. The van der Waals surface area contributed by atoms with E-state index in [2.05, 4.69) is 33.5 Å². The molecular formula is C36H44I6N8O8. The molecule has 7 amide bonds. The Bertz CT molecular complexity index is 1960. The number of benzene rings is 2. The van der Waals surface area contributed by atoms with Crippen molar-refractivity contribution in [1.82, 2.24) is 26.2 Å². The number of anilines is 2. The van der Waals surface area contributed by atoms with Crippen LogP contribution < -0.4 is 37.2 Å². The second kappa shape index (κ2) is 24.0. The van der Waals surface area contributed by atoms with Gasteiger partial charge in [-0.25, -0.2) is 0 Å². The molecule has 1 saturated heterocycles. The molecule has 0 bridgehead atoms.